The van der Waals surface area contributed by atoms with E-state index in [2.05, 4.69) is 24.1 Å². The van der Waals surface area contributed by atoms with E-state index in [1.807, 2.05) is 24.3 Å². The molecule has 0 atom stereocenters. The van der Waals surface area contributed by atoms with Crippen molar-refractivity contribution in [2.45, 2.75) is 19.8 Å². The molecule has 1 N–H and O–H groups in total. The number of benzene rings is 1. The van der Waals surface area contributed by atoms with E-state index in [0.29, 0.717) is 22.3 Å². The number of nitrogens with one attached hydrogen (secondary N) is 1. The largest absolute Gasteiger partial charge is 0.321 e. The lowest BCUT2D eigenvalue weighted by Gasteiger charge is -2.07. The summed E-state index contributed by atoms with van der Waals surface area (Å²) >= 11 is 5.69. The Morgan fingerprint density at radius 2 is 1.84 bits per heavy atom. The molecule has 0 aliphatic carbocycles. The molecule has 98 valence electrons. The molecule has 1 heterocycles. The number of pyridine rings is 1. The summed E-state index contributed by atoms with van der Waals surface area (Å²) in [5.74, 6) is 0.303. The second kappa shape index (κ2) is 5.85. The summed E-state index contributed by atoms with van der Waals surface area (Å²) in [5, 5.41) is 3.18. The number of nitrogens with zero attached hydrogens (tertiary/aromatic N) is 1. The Balaban J connectivity index is 2.09. The molecule has 4 heteroatoms. The number of carbonyl (C=O) groups is 1. The normalized spacial score (nSPS) is 10.5. The Kier molecular flexibility index (Phi) is 4.17. The van der Waals surface area contributed by atoms with Gasteiger partial charge in [0.05, 0.1) is 11.9 Å². The molecule has 0 unspecified atom stereocenters. The third-order valence-corrected chi connectivity index (χ3v) is 3.05. The predicted octanol–water partition coefficient (Wildman–Crippen LogP) is 4.11. The van der Waals surface area contributed by atoms with Crippen molar-refractivity contribution in [3.63, 3.8) is 0 Å². The van der Waals surface area contributed by atoms with Gasteiger partial charge in [0.15, 0.2) is 0 Å². The maximum absolute atomic E-state index is 12.0. The molecule has 0 fully saturated rings. The molecule has 19 heavy (non-hydrogen) atoms. The number of amides is 1. The van der Waals surface area contributed by atoms with Crippen LogP contribution in [-0.2, 0) is 0 Å². The maximum atomic E-state index is 12.0. The van der Waals surface area contributed by atoms with Gasteiger partial charge in [-0.1, -0.05) is 37.6 Å². The Morgan fingerprint density at radius 3 is 2.37 bits per heavy atom. The van der Waals surface area contributed by atoms with Crippen LogP contribution in [0.15, 0.2) is 42.6 Å². The molecule has 1 aromatic carbocycles. The van der Waals surface area contributed by atoms with Crippen LogP contribution in [0.25, 0.3) is 0 Å². The summed E-state index contributed by atoms with van der Waals surface area (Å²) in [7, 11) is 0. The highest BCUT2D eigenvalue weighted by molar-refractivity contribution is 6.29. The van der Waals surface area contributed by atoms with Gasteiger partial charge in [-0.25, -0.2) is 4.98 Å². The molecule has 0 bridgehead atoms. The fourth-order valence-corrected chi connectivity index (χ4v) is 1.78. The van der Waals surface area contributed by atoms with Gasteiger partial charge in [-0.05, 0) is 35.7 Å². The predicted molar refractivity (Wildman–Crippen MR) is 77.7 cm³/mol. The van der Waals surface area contributed by atoms with E-state index in [9.17, 15) is 4.79 Å². The van der Waals surface area contributed by atoms with Crippen LogP contribution in [-0.4, -0.2) is 10.9 Å². The van der Waals surface area contributed by atoms with Crippen molar-refractivity contribution in [2.24, 2.45) is 0 Å². The van der Waals surface area contributed by atoms with Crippen molar-refractivity contribution in [3.05, 3.63) is 58.9 Å². The first-order chi connectivity index (χ1) is 9.06. The SMILES string of the molecule is CC(C)c1ccc(C(=O)Nc2ccc(Cl)nc2)cc1. The second-order valence-corrected chi connectivity index (χ2v) is 4.99. The van der Waals surface area contributed by atoms with Crippen LogP contribution >= 0.6 is 11.6 Å². The van der Waals surface area contributed by atoms with E-state index in [-0.39, 0.29) is 5.91 Å². The molecular weight excluding hydrogens is 260 g/mol. The third-order valence-electron chi connectivity index (χ3n) is 2.82. The van der Waals surface area contributed by atoms with Crippen LogP contribution in [0.3, 0.4) is 0 Å². The summed E-state index contributed by atoms with van der Waals surface area (Å²) in [6.07, 6.45) is 1.53. The minimum Gasteiger partial charge on any atom is -0.321 e. The van der Waals surface area contributed by atoms with E-state index in [0.717, 1.165) is 0 Å². The summed E-state index contributed by atoms with van der Waals surface area (Å²) in [6.45, 7) is 4.24. The van der Waals surface area contributed by atoms with Crippen molar-refractivity contribution < 1.29 is 4.79 Å². The first-order valence-electron chi connectivity index (χ1n) is 6.09. The maximum Gasteiger partial charge on any atom is 0.255 e. The van der Waals surface area contributed by atoms with Crippen LogP contribution < -0.4 is 5.32 Å². The fourth-order valence-electron chi connectivity index (χ4n) is 1.67. The summed E-state index contributed by atoms with van der Waals surface area (Å²) in [5.41, 5.74) is 2.46. The van der Waals surface area contributed by atoms with Gasteiger partial charge < -0.3 is 5.32 Å². The van der Waals surface area contributed by atoms with Gasteiger partial charge in [0, 0.05) is 5.56 Å². The van der Waals surface area contributed by atoms with Crippen LogP contribution in [0.2, 0.25) is 5.15 Å². The summed E-state index contributed by atoms with van der Waals surface area (Å²) in [4.78, 5) is 15.9. The molecule has 0 aliphatic rings. The lowest BCUT2D eigenvalue weighted by molar-refractivity contribution is 0.102. The fraction of sp³-hybridized carbons (Fsp3) is 0.200. The van der Waals surface area contributed by atoms with Gasteiger partial charge in [-0.2, -0.15) is 0 Å². The molecule has 1 aromatic heterocycles. The van der Waals surface area contributed by atoms with Crippen molar-refractivity contribution in [2.75, 3.05) is 5.32 Å². The smallest absolute Gasteiger partial charge is 0.255 e. The lowest BCUT2D eigenvalue weighted by Crippen LogP contribution is -2.12. The van der Waals surface area contributed by atoms with Gasteiger partial charge in [0.2, 0.25) is 0 Å². The molecule has 0 saturated heterocycles. The van der Waals surface area contributed by atoms with E-state index >= 15 is 0 Å². The topological polar surface area (TPSA) is 42.0 Å². The first-order valence-corrected chi connectivity index (χ1v) is 6.47. The van der Waals surface area contributed by atoms with Gasteiger partial charge in [-0.3, -0.25) is 4.79 Å². The van der Waals surface area contributed by atoms with Crippen LogP contribution in [0.5, 0.6) is 0 Å². The highest BCUT2D eigenvalue weighted by Crippen LogP contribution is 2.16. The average molecular weight is 275 g/mol. The number of hydrogen-bond acceptors (Lipinski definition) is 2. The van der Waals surface area contributed by atoms with E-state index in [1.54, 1.807) is 12.1 Å². The third kappa shape index (κ3) is 3.55. The highest BCUT2D eigenvalue weighted by Gasteiger charge is 2.07. The van der Waals surface area contributed by atoms with Gasteiger partial charge in [0.25, 0.3) is 5.91 Å². The number of halogens is 1. The zero-order chi connectivity index (χ0) is 13.8. The molecule has 2 aromatic rings. The van der Waals surface area contributed by atoms with Crippen LogP contribution in [0.1, 0.15) is 35.7 Å². The van der Waals surface area contributed by atoms with Crippen molar-refractivity contribution >= 4 is 23.2 Å². The van der Waals surface area contributed by atoms with E-state index in [4.69, 9.17) is 11.6 Å². The molecule has 1 amide bonds. The molecule has 3 nitrogen and oxygen atoms in total. The quantitative estimate of drug-likeness (QED) is 0.856. The minimum absolute atomic E-state index is 0.153. The highest BCUT2D eigenvalue weighted by atomic mass is 35.5. The molecule has 2 rings (SSSR count). The zero-order valence-electron chi connectivity index (χ0n) is 10.9. The van der Waals surface area contributed by atoms with E-state index < -0.39 is 0 Å². The average Bonchev–Trinajstić information content (AvgIpc) is 2.41. The Labute approximate surface area is 117 Å². The Hall–Kier alpha value is -1.87. The lowest BCUT2D eigenvalue weighted by atomic mass is 10.0. The van der Waals surface area contributed by atoms with Crippen molar-refractivity contribution in [1.82, 2.24) is 4.98 Å². The van der Waals surface area contributed by atoms with Gasteiger partial charge in [-0.15, -0.1) is 0 Å². The zero-order valence-corrected chi connectivity index (χ0v) is 11.6. The van der Waals surface area contributed by atoms with Crippen LogP contribution in [0.4, 0.5) is 5.69 Å². The number of hydrogen-bond donors (Lipinski definition) is 1. The first kappa shape index (κ1) is 13.6. The van der Waals surface area contributed by atoms with Crippen LogP contribution in [0, 0.1) is 0 Å². The minimum atomic E-state index is -0.153. The second-order valence-electron chi connectivity index (χ2n) is 4.60. The number of rotatable bonds is 3. The van der Waals surface area contributed by atoms with Crippen molar-refractivity contribution in [3.8, 4) is 0 Å². The molecule has 0 spiro atoms. The standard InChI is InChI=1S/C15H15ClN2O/c1-10(2)11-3-5-12(6-4-11)15(19)18-13-7-8-14(16)17-9-13/h3-10H,1-2H3,(H,18,19). The van der Waals surface area contributed by atoms with Crippen molar-refractivity contribution in [1.29, 1.82) is 0 Å². The number of anilines is 1. The molecule has 0 saturated carbocycles. The number of carbonyl (C=O) groups excluding carboxylic acids is 1. The molecule has 0 radical (unpaired) electrons. The summed E-state index contributed by atoms with van der Waals surface area (Å²) < 4.78 is 0. The Bertz CT molecular complexity index is 562. The number of aromatic nitrogens is 1. The van der Waals surface area contributed by atoms with Gasteiger partial charge >= 0.3 is 0 Å². The molecule has 0 aliphatic heterocycles. The monoisotopic (exact) mass is 274 g/mol. The Morgan fingerprint density at radius 1 is 1.16 bits per heavy atom. The molecular formula is C15H15ClN2O. The van der Waals surface area contributed by atoms with E-state index in [1.165, 1.54) is 11.8 Å². The van der Waals surface area contributed by atoms with Gasteiger partial charge in [0.1, 0.15) is 5.15 Å². The summed E-state index contributed by atoms with van der Waals surface area (Å²) in [6, 6.07) is 11.0.